The smallest absolute Gasteiger partial charge is 0.306 e. The van der Waals surface area contributed by atoms with Gasteiger partial charge in [-0.2, -0.15) is 0 Å². The molecule has 0 saturated heterocycles. The number of hydrogen-bond acceptors (Lipinski definition) is 3. The molecule has 0 aromatic carbocycles. The van der Waals surface area contributed by atoms with Crippen LogP contribution in [0.2, 0.25) is 0 Å². The van der Waals surface area contributed by atoms with E-state index in [1.54, 1.807) is 14.2 Å². The normalized spacial score (nSPS) is 20.3. The molecule has 0 amide bonds. The molecule has 4 nitrogen and oxygen atoms in total. The fourth-order valence-electron chi connectivity index (χ4n) is 1.29. The van der Waals surface area contributed by atoms with E-state index in [2.05, 4.69) is 10.3 Å². The summed E-state index contributed by atoms with van der Waals surface area (Å²) in [5, 5.41) is 8.46. The van der Waals surface area contributed by atoms with Crippen LogP contribution in [-0.4, -0.2) is 31.2 Å². The summed E-state index contributed by atoms with van der Waals surface area (Å²) in [5.41, 5.74) is 2.43. The van der Waals surface area contributed by atoms with Crippen LogP contribution in [0.25, 0.3) is 0 Å². The number of alkyl halides is 2. The number of rotatable bonds is 2. The van der Waals surface area contributed by atoms with E-state index in [9.17, 15) is 13.6 Å². The van der Waals surface area contributed by atoms with Crippen LogP contribution < -0.4 is 5.48 Å². The molecule has 0 heterocycles. The molecule has 2 N–H and O–H groups in total. The number of hydroxylamine groups is 1. The van der Waals surface area contributed by atoms with Crippen LogP contribution in [0.1, 0.15) is 25.7 Å². The lowest BCUT2D eigenvalue weighted by Crippen LogP contribution is -2.28. The van der Waals surface area contributed by atoms with Gasteiger partial charge in [-0.05, 0) is 12.8 Å². The van der Waals surface area contributed by atoms with Crippen molar-refractivity contribution in [3.8, 4) is 0 Å². The quantitative estimate of drug-likeness (QED) is 0.702. The molecule has 90 valence electrons. The molecule has 15 heavy (non-hydrogen) atoms. The Morgan fingerprint density at radius 3 is 2.13 bits per heavy atom. The zero-order chi connectivity index (χ0) is 11.9. The molecule has 0 unspecified atom stereocenters. The predicted molar refractivity (Wildman–Crippen MR) is 50.6 cm³/mol. The maximum atomic E-state index is 12.4. The Morgan fingerprint density at radius 2 is 1.87 bits per heavy atom. The van der Waals surface area contributed by atoms with E-state index in [0.29, 0.717) is 0 Å². The number of halogens is 2. The molecule has 0 spiro atoms. The number of hydrogen-bond donors (Lipinski definition) is 2. The highest BCUT2D eigenvalue weighted by atomic mass is 19.3. The second-order valence-corrected chi connectivity index (χ2v) is 3.38. The first-order chi connectivity index (χ1) is 6.93. The number of carbonyl (C=O) groups is 1. The van der Waals surface area contributed by atoms with Crippen molar-refractivity contribution in [2.75, 3.05) is 14.2 Å². The molecular weight excluding hydrogens is 208 g/mol. The zero-order valence-electron chi connectivity index (χ0n) is 8.93. The maximum Gasteiger partial charge on any atom is 0.306 e. The molecule has 1 fully saturated rings. The van der Waals surface area contributed by atoms with Crippen LogP contribution in [-0.2, 0) is 9.63 Å². The van der Waals surface area contributed by atoms with Gasteiger partial charge >= 0.3 is 5.97 Å². The van der Waals surface area contributed by atoms with Crippen LogP contribution >= 0.6 is 0 Å². The average Bonchev–Trinajstić information content (AvgIpc) is 2.17. The van der Waals surface area contributed by atoms with E-state index in [1.807, 2.05) is 0 Å². The molecule has 0 bridgehead atoms. The van der Waals surface area contributed by atoms with Crippen molar-refractivity contribution in [1.29, 1.82) is 0 Å². The number of nitrogens with one attached hydrogen (secondary N) is 1. The summed E-state index contributed by atoms with van der Waals surface area (Å²) >= 11 is 0. The highest BCUT2D eigenvalue weighted by Crippen LogP contribution is 2.35. The predicted octanol–water partition coefficient (Wildman–Crippen LogP) is 1.66. The molecular formula is C9H17F2NO3. The fourth-order valence-corrected chi connectivity index (χ4v) is 1.29. The van der Waals surface area contributed by atoms with E-state index in [-0.39, 0.29) is 25.7 Å². The van der Waals surface area contributed by atoms with E-state index in [1.165, 1.54) is 0 Å². The highest BCUT2D eigenvalue weighted by molar-refractivity contribution is 5.70. The summed E-state index contributed by atoms with van der Waals surface area (Å²) in [6.45, 7) is 0. The Labute approximate surface area is 87.6 Å². The lowest BCUT2D eigenvalue weighted by molar-refractivity contribution is -0.145. The van der Waals surface area contributed by atoms with Crippen LogP contribution in [0, 0.1) is 5.92 Å². The molecule has 1 saturated carbocycles. The third kappa shape index (κ3) is 6.35. The fraction of sp³-hybridized carbons (Fsp3) is 0.889. The second kappa shape index (κ2) is 6.68. The van der Waals surface area contributed by atoms with Gasteiger partial charge in [0.25, 0.3) is 0 Å². The number of aliphatic carboxylic acids is 1. The lowest BCUT2D eigenvalue weighted by Gasteiger charge is -2.25. The standard InChI is InChI=1S/C7H10F2O2.C2H7NO/c8-7(9)3-1-5(2-4-7)6(10)11;1-3-4-2/h5H,1-4H2,(H,10,11);3H,1-2H3. The van der Waals surface area contributed by atoms with Crippen LogP contribution in [0.4, 0.5) is 8.78 Å². The molecule has 1 rings (SSSR count). The Bertz CT molecular complexity index is 188. The minimum atomic E-state index is -2.62. The highest BCUT2D eigenvalue weighted by Gasteiger charge is 2.37. The van der Waals surface area contributed by atoms with Gasteiger partial charge < -0.3 is 9.94 Å². The van der Waals surface area contributed by atoms with Gasteiger partial charge in [-0.15, -0.1) is 0 Å². The van der Waals surface area contributed by atoms with E-state index in [4.69, 9.17) is 5.11 Å². The Hall–Kier alpha value is -0.750. The molecule has 6 heteroatoms. The van der Waals surface area contributed by atoms with Crippen LogP contribution in [0.15, 0.2) is 0 Å². The minimum absolute atomic E-state index is 0.113. The molecule has 0 atom stereocenters. The van der Waals surface area contributed by atoms with E-state index < -0.39 is 17.8 Å². The van der Waals surface area contributed by atoms with Gasteiger partial charge in [0.1, 0.15) is 0 Å². The monoisotopic (exact) mass is 225 g/mol. The van der Waals surface area contributed by atoms with Crippen LogP contribution in [0.5, 0.6) is 0 Å². The molecule has 0 aromatic heterocycles. The maximum absolute atomic E-state index is 12.4. The Balaban J connectivity index is 0.000000423. The van der Waals surface area contributed by atoms with Crippen molar-refractivity contribution in [1.82, 2.24) is 5.48 Å². The molecule has 0 aliphatic heterocycles. The number of carboxylic acids is 1. The van der Waals surface area contributed by atoms with Crippen LogP contribution in [0.3, 0.4) is 0 Å². The topological polar surface area (TPSA) is 58.6 Å². The first kappa shape index (κ1) is 14.2. The van der Waals surface area contributed by atoms with Gasteiger partial charge in [-0.3, -0.25) is 4.79 Å². The Morgan fingerprint density at radius 1 is 1.47 bits per heavy atom. The zero-order valence-corrected chi connectivity index (χ0v) is 8.93. The third-order valence-corrected chi connectivity index (χ3v) is 2.27. The van der Waals surface area contributed by atoms with Gasteiger partial charge in [0.2, 0.25) is 5.92 Å². The Kier molecular flexibility index (Phi) is 6.35. The lowest BCUT2D eigenvalue weighted by atomic mass is 9.87. The summed E-state index contributed by atoms with van der Waals surface area (Å²) < 4.78 is 24.9. The van der Waals surface area contributed by atoms with Gasteiger partial charge in [0, 0.05) is 19.9 Å². The summed E-state index contributed by atoms with van der Waals surface area (Å²) in [7, 11) is 3.28. The molecule has 0 radical (unpaired) electrons. The molecule has 0 aromatic rings. The average molecular weight is 225 g/mol. The van der Waals surface area contributed by atoms with Crippen molar-refractivity contribution >= 4 is 5.97 Å². The summed E-state index contributed by atoms with van der Waals surface area (Å²) in [5.74, 6) is -4.11. The summed E-state index contributed by atoms with van der Waals surface area (Å²) in [6.07, 6.45) is -0.321. The van der Waals surface area contributed by atoms with E-state index >= 15 is 0 Å². The van der Waals surface area contributed by atoms with Crippen molar-refractivity contribution in [3.63, 3.8) is 0 Å². The SMILES string of the molecule is CNOC.O=C(O)C1CCC(F)(F)CC1. The van der Waals surface area contributed by atoms with Crippen molar-refractivity contribution in [2.24, 2.45) is 5.92 Å². The first-order valence-corrected chi connectivity index (χ1v) is 4.73. The summed E-state index contributed by atoms with van der Waals surface area (Å²) in [6, 6.07) is 0. The molecule has 1 aliphatic rings. The second-order valence-electron chi connectivity index (χ2n) is 3.38. The van der Waals surface area contributed by atoms with Gasteiger partial charge in [-0.1, -0.05) is 0 Å². The van der Waals surface area contributed by atoms with Crippen molar-refractivity contribution in [3.05, 3.63) is 0 Å². The van der Waals surface area contributed by atoms with E-state index in [0.717, 1.165) is 0 Å². The largest absolute Gasteiger partial charge is 0.481 e. The first-order valence-electron chi connectivity index (χ1n) is 4.73. The van der Waals surface area contributed by atoms with Crippen molar-refractivity contribution in [2.45, 2.75) is 31.6 Å². The van der Waals surface area contributed by atoms with Gasteiger partial charge in [0.15, 0.2) is 0 Å². The van der Waals surface area contributed by atoms with Gasteiger partial charge in [0.05, 0.1) is 13.0 Å². The minimum Gasteiger partial charge on any atom is -0.481 e. The molecule has 1 aliphatic carbocycles. The van der Waals surface area contributed by atoms with Gasteiger partial charge in [-0.25, -0.2) is 14.3 Å². The number of carboxylic acid groups (broad SMARTS) is 1. The summed E-state index contributed by atoms with van der Waals surface area (Å²) in [4.78, 5) is 14.6. The van der Waals surface area contributed by atoms with Crippen molar-refractivity contribution < 1.29 is 23.5 Å². The third-order valence-electron chi connectivity index (χ3n) is 2.27.